The van der Waals surface area contributed by atoms with Gasteiger partial charge in [0.05, 0.1) is 5.69 Å². The molecule has 0 saturated heterocycles. The van der Waals surface area contributed by atoms with Crippen molar-refractivity contribution < 1.29 is 5.11 Å². The van der Waals surface area contributed by atoms with Gasteiger partial charge in [0, 0.05) is 17.1 Å². The van der Waals surface area contributed by atoms with Gasteiger partial charge in [-0.15, -0.1) is 11.3 Å². The maximum absolute atomic E-state index is 9.46. The van der Waals surface area contributed by atoms with Crippen molar-refractivity contribution in [2.75, 3.05) is 0 Å². The van der Waals surface area contributed by atoms with Crippen molar-refractivity contribution in [1.29, 1.82) is 0 Å². The molecule has 2 heterocycles. The van der Waals surface area contributed by atoms with E-state index in [1.165, 1.54) is 0 Å². The summed E-state index contributed by atoms with van der Waals surface area (Å²) in [6.45, 7) is 0. The van der Waals surface area contributed by atoms with Crippen LogP contribution in [0, 0.1) is 0 Å². The molecule has 0 saturated carbocycles. The molecule has 3 aromatic rings. The van der Waals surface area contributed by atoms with Gasteiger partial charge in [-0.25, -0.2) is 4.98 Å². The van der Waals surface area contributed by atoms with Gasteiger partial charge in [-0.3, -0.25) is 4.98 Å². The van der Waals surface area contributed by atoms with E-state index in [4.69, 9.17) is 0 Å². The molecule has 2 aromatic heterocycles. The highest BCUT2D eigenvalue weighted by molar-refractivity contribution is 7.13. The van der Waals surface area contributed by atoms with Crippen molar-refractivity contribution in [3.63, 3.8) is 0 Å². The van der Waals surface area contributed by atoms with E-state index < -0.39 is 0 Å². The molecule has 0 radical (unpaired) electrons. The predicted molar refractivity (Wildman–Crippen MR) is 72.4 cm³/mol. The molecular formula is C14H10N2OS. The third-order valence-electron chi connectivity index (χ3n) is 2.52. The number of nitrogens with zero attached hydrogens (tertiary/aromatic N) is 2. The van der Waals surface area contributed by atoms with Crippen LogP contribution in [-0.4, -0.2) is 15.1 Å². The van der Waals surface area contributed by atoms with Gasteiger partial charge in [0.1, 0.15) is 16.5 Å². The lowest BCUT2D eigenvalue weighted by atomic mass is 10.2. The van der Waals surface area contributed by atoms with Crippen LogP contribution < -0.4 is 0 Å². The van der Waals surface area contributed by atoms with E-state index in [0.717, 1.165) is 22.0 Å². The van der Waals surface area contributed by atoms with Gasteiger partial charge in [-0.05, 0) is 24.3 Å². The normalized spacial score (nSPS) is 10.4. The van der Waals surface area contributed by atoms with Crippen LogP contribution in [0.1, 0.15) is 0 Å². The molecule has 18 heavy (non-hydrogen) atoms. The van der Waals surface area contributed by atoms with Crippen LogP contribution >= 0.6 is 11.3 Å². The molecule has 3 nitrogen and oxygen atoms in total. The van der Waals surface area contributed by atoms with Gasteiger partial charge in [-0.1, -0.05) is 18.2 Å². The van der Waals surface area contributed by atoms with Crippen LogP contribution in [0.25, 0.3) is 22.0 Å². The number of aromatic hydroxyl groups is 1. The number of phenolic OH excluding ortho intramolecular Hbond substituents is 1. The van der Waals surface area contributed by atoms with Crippen molar-refractivity contribution in [3.05, 3.63) is 54.0 Å². The van der Waals surface area contributed by atoms with Crippen LogP contribution in [0.2, 0.25) is 0 Å². The lowest BCUT2D eigenvalue weighted by Crippen LogP contribution is -1.82. The lowest BCUT2D eigenvalue weighted by molar-refractivity contribution is 0.475. The summed E-state index contributed by atoms with van der Waals surface area (Å²) in [6, 6.07) is 12.9. The fourth-order valence-corrected chi connectivity index (χ4v) is 2.49. The smallest absolute Gasteiger partial charge is 0.124 e. The molecule has 0 aliphatic rings. The van der Waals surface area contributed by atoms with Crippen LogP contribution in [0.5, 0.6) is 5.75 Å². The highest BCUT2D eigenvalue weighted by Gasteiger charge is 2.07. The van der Waals surface area contributed by atoms with Crippen LogP contribution in [0.4, 0.5) is 0 Å². The Labute approximate surface area is 108 Å². The molecular weight excluding hydrogens is 244 g/mol. The fraction of sp³-hybridized carbons (Fsp3) is 0. The Bertz CT molecular complexity index is 664. The third kappa shape index (κ3) is 2.10. The number of benzene rings is 1. The highest BCUT2D eigenvalue weighted by atomic mass is 32.1. The van der Waals surface area contributed by atoms with E-state index in [0.29, 0.717) is 0 Å². The molecule has 4 heteroatoms. The topological polar surface area (TPSA) is 46.0 Å². The molecule has 0 atom stereocenters. The number of pyridine rings is 1. The quantitative estimate of drug-likeness (QED) is 0.760. The Morgan fingerprint density at radius 2 is 1.94 bits per heavy atom. The summed E-state index contributed by atoms with van der Waals surface area (Å²) in [5, 5.41) is 12.3. The number of rotatable bonds is 2. The van der Waals surface area contributed by atoms with Gasteiger partial charge in [-0.2, -0.15) is 0 Å². The second-order valence-electron chi connectivity index (χ2n) is 3.80. The zero-order chi connectivity index (χ0) is 12.4. The molecule has 1 N–H and O–H groups in total. The molecule has 0 bridgehead atoms. The van der Waals surface area contributed by atoms with E-state index in [9.17, 15) is 5.11 Å². The lowest BCUT2D eigenvalue weighted by Gasteiger charge is -1.97. The van der Waals surface area contributed by atoms with Crippen molar-refractivity contribution in [3.8, 4) is 27.7 Å². The Hall–Kier alpha value is -2.20. The van der Waals surface area contributed by atoms with E-state index in [-0.39, 0.29) is 5.75 Å². The Morgan fingerprint density at radius 1 is 1.00 bits per heavy atom. The molecule has 3 rings (SSSR count). The van der Waals surface area contributed by atoms with Gasteiger partial charge >= 0.3 is 0 Å². The molecule has 0 fully saturated rings. The predicted octanol–water partition coefficient (Wildman–Crippen LogP) is 3.58. The molecule has 0 aliphatic heterocycles. The molecule has 0 aliphatic carbocycles. The largest absolute Gasteiger partial charge is 0.508 e. The Balaban J connectivity index is 2.00. The molecule has 1 aromatic carbocycles. The minimum Gasteiger partial charge on any atom is -0.508 e. The summed E-state index contributed by atoms with van der Waals surface area (Å²) < 4.78 is 0. The first-order chi connectivity index (χ1) is 8.83. The summed E-state index contributed by atoms with van der Waals surface area (Å²) in [5.41, 5.74) is 2.64. The van der Waals surface area contributed by atoms with Crippen molar-refractivity contribution in [1.82, 2.24) is 9.97 Å². The Morgan fingerprint density at radius 3 is 2.72 bits per heavy atom. The number of hydrogen-bond acceptors (Lipinski definition) is 4. The number of aromatic nitrogens is 2. The van der Waals surface area contributed by atoms with Crippen LogP contribution in [-0.2, 0) is 0 Å². The second kappa shape index (κ2) is 4.58. The number of phenols is 1. The minimum absolute atomic E-state index is 0.252. The highest BCUT2D eigenvalue weighted by Crippen LogP contribution is 2.29. The summed E-state index contributed by atoms with van der Waals surface area (Å²) in [5.74, 6) is 0.252. The van der Waals surface area contributed by atoms with E-state index in [1.807, 2.05) is 35.7 Å². The third-order valence-corrected chi connectivity index (χ3v) is 3.42. The van der Waals surface area contributed by atoms with Crippen LogP contribution in [0.3, 0.4) is 0 Å². The number of thiazole rings is 1. The first-order valence-electron chi connectivity index (χ1n) is 5.49. The maximum Gasteiger partial charge on any atom is 0.124 e. The summed E-state index contributed by atoms with van der Waals surface area (Å²) in [4.78, 5) is 8.81. The zero-order valence-corrected chi connectivity index (χ0v) is 10.3. The average molecular weight is 254 g/mol. The maximum atomic E-state index is 9.46. The van der Waals surface area contributed by atoms with Gasteiger partial charge < -0.3 is 5.11 Å². The van der Waals surface area contributed by atoms with Crippen molar-refractivity contribution in [2.45, 2.75) is 0 Å². The van der Waals surface area contributed by atoms with E-state index >= 15 is 0 Å². The van der Waals surface area contributed by atoms with Gasteiger partial charge in [0.25, 0.3) is 0 Å². The number of hydrogen-bond donors (Lipinski definition) is 1. The van der Waals surface area contributed by atoms with E-state index in [1.54, 1.807) is 29.7 Å². The SMILES string of the molecule is Oc1cccc(-c2nc(-c3ccccn3)cs2)c1. The summed E-state index contributed by atoms with van der Waals surface area (Å²) in [7, 11) is 0. The van der Waals surface area contributed by atoms with Gasteiger partial charge in [0.2, 0.25) is 0 Å². The summed E-state index contributed by atoms with van der Waals surface area (Å²) >= 11 is 1.54. The summed E-state index contributed by atoms with van der Waals surface area (Å²) in [6.07, 6.45) is 1.75. The molecule has 0 spiro atoms. The second-order valence-corrected chi connectivity index (χ2v) is 4.66. The molecule has 0 unspecified atom stereocenters. The van der Waals surface area contributed by atoms with Crippen LogP contribution in [0.15, 0.2) is 54.0 Å². The van der Waals surface area contributed by atoms with Crippen molar-refractivity contribution >= 4 is 11.3 Å². The van der Waals surface area contributed by atoms with E-state index in [2.05, 4.69) is 9.97 Å². The molecule has 0 amide bonds. The standard InChI is InChI=1S/C14H10N2OS/c17-11-5-3-4-10(8-11)14-16-13(9-18-14)12-6-1-2-7-15-12/h1-9,17H. The molecule has 88 valence electrons. The minimum atomic E-state index is 0.252. The zero-order valence-electron chi connectivity index (χ0n) is 9.45. The average Bonchev–Trinajstić information content (AvgIpc) is 2.89. The van der Waals surface area contributed by atoms with Crippen molar-refractivity contribution in [2.24, 2.45) is 0 Å². The fourth-order valence-electron chi connectivity index (χ4n) is 1.68. The Kier molecular flexibility index (Phi) is 2.78. The first-order valence-corrected chi connectivity index (χ1v) is 6.37. The van der Waals surface area contributed by atoms with Gasteiger partial charge in [0.15, 0.2) is 0 Å². The monoisotopic (exact) mass is 254 g/mol. The first kappa shape index (κ1) is 10.9.